The van der Waals surface area contributed by atoms with Crippen LogP contribution in [-0.4, -0.2) is 4.98 Å². The highest BCUT2D eigenvalue weighted by Gasteiger charge is 2.17. The fourth-order valence-corrected chi connectivity index (χ4v) is 1.42. The molecule has 14 heavy (non-hydrogen) atoms. The fourth-order valence-electron chi connectivity index (χ4n) is 0.978. The van der Waals surface area contributed by atoms with Gasteiger partial charge in [-0.1, -0.05) is 15.9 Å². The minimum Gasteiger partial charge on any atom is -0.396 e. The number of pyridine rings is 1. The molecule has 0 spiro atoms. The highest BCUT2D eigenvalue weighted by Crippen LogP contribution is 2.27. The largest absolute Gasteiger partial charge is 0.396 e. The summed E-state index contributed by atoms with van der Waals surface area (Å²) < 4.78 is 24.7. The van der Waals surface area contributed by atoms with Gasteiger partial charge in [0.05, 0.1) is 22.5 Å². The molecule has 0 saturated carbocycles. The van der Waals surface area contributed by atoms with Gasteiger partial charge in [-0.25, -0.2) is 8.78 Å². The Labute approximate surface area is 87.7 Å². The Morgan fingerprint density at radius 1 is 1.64 bits per heavy atom. The Balaban J connectivity index is 3.38. The number of rotatable bonds is 2. The van der Waals surface area contributed by atoms with Crippen LogP contribution < -0.4 is 5.73 Å². The van der Waals surface area contributed by atoms with E-state index in [1.165, 1.54) is 0 Å². The van der Waals surface area contributed by atoms with Crippen molar-refractivity contribution >= 4 is 21.6 Å². The van der Waals surface area contributed by atoms with Crippen LogP contribution in [0.1, 0.15) is 23.2 Å². The first-order valence-corrected chi connectivity index (χ1v) is 4.75. The van der Waals surface area contributed by atoms with E-state index in [4.69, 9.17) is 11.0 Å². The first kappa shape index (κ1) is 10.9. The first-order valence-electron chi connectivity index (χ1n) is 3.63. The summed E-state index contributed by atoms with van der Waals surface area (Å²) in [5.41, 5.74) is 5.29. The van der Waals surface area contributed by atoms with Gasteiger partial charge in [0.2, 0.25) is 0 Å². The average molecular weight is 262 g/mol. The standard InChI is InChI=1S/C8H6BrF2N3/c9-1-6-7(13)4(2-12)5(3-14-6)8(10)11/h3,8H,1,13H2. The molecule has 0 aliphatic heterocycles. The van der Waals surface area contributed by atoms with Crippen molar-refractivity contribution in [3.8, 4) is 6.07 Å². The number of nitrogens with two attached hydrogens (primary N) is 1. The molecule has 1 aromatic heterocycles. The zero-order valence-electron chi connectivity index (χ0n) is 6.97. The van der Waals surface area contributed by atoms with Crippen molar-refractivity contribution in [2.45, 2.75) is 11.8 Å². The van der Waals surface area contributed by atoms with Crippen molar-refractivity contribution in [3.63, 3.8) is 0 Å². The zero-order valence-corrected chi connectivity index (χ0v) is 8.55. The van der Waals surface area contributed by atoms with Gasteiger partial charge in [0.1, 0.15) is 6.07 Å². The summed E-state index contributed by atoms with van der Waals surface area (Å²) in [6, 6.07) is 1.65. The van der Waals surface area contributed by atoms with Gasteiger partial charge in [-0.2, -0.15) is 5.26 Å². The third kappa shape index (κ3) is 1.82. The van der Waals surface area contributed by atoms with Crippen LogP contribution in [0.15, 0.2) is 6.20 Å². The fraction of sp³-hybridized carbons (Fsp3) is 0.250. The molecule has 0 atom stereocenters. The number of anilines is 1. The van der Waals surface area contributed by atoms with E-state index in [-0.39, 0.29) is 11.3 Å². The third-order valence-corrected chi connectivity index (χ3v) is 2.23. The van der Waals surface area contributed by atoms with Crippen LogP contribution in [0.25, 0.3) is 0 Å². The predicted molar refractivity (Wildman–Crippen MR) is 51.0 cm³/mol. The van der Waals surface area contributed by atoms with Gasteiger partial charge in [-0.15, -0.1) is 0 Å². The van der Waals surface area contributed by atoms with E-state index >= 15 is 0 Å². The molecule has 3 nitrogen and oxygen atoms in total. The number of aromatic nitrogens is 1. The Bertz CT molecular complexity index is 387. The lowest BCUT2D eigenvalue weighted by molar-refractivity contribution is 0.150. The van der Waals surface area contributed by atoms with E-state index in [1.807, 2.05) is 0 Å². The molecule has 0 amide bonds. The highest BCUT2D eigenvalue weighted by molar-refractivity contribution is 9.08. The lowest BCUT2D eigenvalue weighted by Gasteiger charge is -2.07. The monoisotopic (exact) mass is 261 g/mol. The molecule has 1 aromatic rings. The number of nitrogens with zero attached hydrogens (tertiary/aromatic N) is 2. The molecule has 0 aliphatic rings. The summed E-state index contributed by atoms with van der Waals surface area (Å²) in [4.78, 5) is 3.72. The van der Waals surface area contributed by atoms with Gasteiger partial charge in [-0.3, -0.25) is 4.98 Å². The number of hydrogen-bond acceptors (Lipinski definition) is 3. The lowest BCUT2D eigenvalue weighted by Crippen LogP contribution is -2.03. The van der Waals surface area contributed by atoms with Crippen LogP contribution >= 0.6 is 15.9 Å². The van der Waals surface area contributed by atoms with Crippen molar-refractivity contribution in [2.75, 3.05) is 5.73 Å². The summed E-state index contributed by atoms with van der Waals surface area (Å²) in [6.07, 6.45) is -1.75. The Morgan fingerprint density at radius 3 is 2.71 bits per heavy atom. The molecule has 1 heterocycles. The molecule has 6 heteroatoms. The molecule has 0 saturated heterocycles. The Morgan fingerprint density at radius 2 is 2.29 bits per heavy atom. The summed E-state index contributed by atoms with van der Waals surface area (Å²) in [5.74, 6) is 0. The second-order valence-electron chi connectivity index (χ2n) is 2.50. The number of alkyl halides is 3. The first-order chi connectivity index (χ1) is 6.61. The number of halogens is 3. The van der Waals surface area contributed by atoms with Gasteiger partial charge in [0, 0.05) is 11.5 Å². The van der Waals surface area contributed by atoms with E-state index in [0.717, 1.165) is 6.20 Å². The molecule has 74 valence electrons. The molecule has 1 rings (SSSR count). The molecule has 0 aromatic carbocycles. The van der Waals surface area contributed by atoms with E-state index in [9.17, 15) is 8.78 Å². The summed E-state index contributed by atoms with van der Waals surface area (Å²) in [5, 5.41) is 8.99. The zero-order chi connectivity index (χ0) is 10.7. The van der Waals surface area contributed by atoms with Crippen LogP contribution in [0, 0.1) is 11.3 Å². The van der Waals surface area contributed by atoms with Crippen molar-refractivity contribution in [1.29, 1.82) is 5.26 Å². The Hall–Kier alpha value is -1.22. The van der Waals surface area contributed by atoms with Crippen LogP contribution in [0.5, 0.6) is 0 Å². The van der Waals surface area contributed by atoms with Gasteiger partial charge in [0.15, 0.2) is 0 Å². The van der Waals surface area contributed by atoms with Crippen molar-refractivity contribution in [1.82, 2.24) is 4.98 Å². The SMILES string of the molecule is N#Cc1c(C(F)F)cnc(CBr)c1N. The molecule has 0 aliphatic carbocycles. The van der Waals surface area contributed by atoms with Crippen molar-refractivity contribution in [2.24, 2.45) is 0 Å². The maximum absolute atomic E-state index is 12.4. The van der Waals surface area contributed by atoms with Gasteiger partial charge in [-0.05, 0) is 0 Å². The summed E-state index contributed by atoms with van der Waals surface area (Å²) >= 11 is 3.09. The van der Waals surface area contributed by atoms with Gasteiger partial charge >= 0.3 is 0 Å². The highest BCUT2D eigenvalue weighted by atomic mass is 79.9. The quantitative estimate of drug-likeness (QED) is 0.832. The molecule has 0 bridgehead atoms. The minimum absolute atomic E-state index is 0.0159. The topological polar surface area (TPSA) is 62.7 Å². The molecule has 0 radical (unpaired) electrons. The minimum atomic E-state index is -2.73. The van der Waals surface area contributed by atoms with Gasteiger partial charge in [0.25, 0.3) is 6.43 Å². The molecular formula is C8H6BrF2N3. The third-order valence-electron chi connectivity index (χ3n) is 1.70. The van der Waals surface area contributed by atoms with Crippen molar-refractivity contribution < 1.29 is 8.78 Å². The number of hydrogen-bond donors (Lipinski definition) is 1. The maximum atomic E-state index is 12.4. The molecule has 0 unspecified atom stereocenters. The number of nitriles is 1. The van der Waals surface area contributed by atoms with Crippen LogP contribution in [0.3, 0.4) is 0 Å². The Kier molecular flexibility index (Phi) is 3.36. The van der Waals surface area contributed by atoms with E-state index < -0.39 is 12.0 Å². The van der Waals surface area contributed by atoms with Crippen molar-refractivity contribution in [3.05, 3.63) is 23.0 Å². The average Bonchev–Trinajstić information content (AvgIpc) is 2.17. The smallest absolute Gasteiger partial charge is 0.266 e. The molecule has 2 N–H and O–H groups in total. The summed E-state index contributed by atoms with van der Waals surface area (Å²) in [7, 11) is 0. The molecular weight excluding hydrogens is 256 g/mol. The summed E-state index contributed by atoms with van der Waals surface area (Å²) in [6.45, 7) is 0. The van der Waals surface area contributed by atoms with E-state index in [2.05, 4.69) is 20.9 Å². The van der Waals surface area contributed by atoms with Gasteiger partial charge < -0.3 is 5.73 Å². The van der Waals surface area contributed by atoms with Crippen LogP contribution in [-0.2, 0) is 5.33 Å². The van der Waals surface area contributed by atoms with Crippen LogP contribution in [0.2, 0.25) is 0 Å². The second-order valence-corrected chi connectivity index (χ2v) is 3.06. The van der Waals surface area contributed by atoms with Crippen LogP contribution in [0.4, 0.5) is 14.5 Å². The van der Waals surface area contributed by atoms with E-state index in [0.29, 0.717) is 11.0 Å². The molecule has 0 fully saturated rings. The number of nitrogen functional groups attached to an aromatic ring is 1. The lowest BCUT2D eigenvalue weighted by atomic mass is 10.1. The maximum Gasteiger partial charge on any atom is 0.266 e. The predicted octanol–water partition coefficient (Wildman–Crippen LogP) is 2.37. The van der Waals surface area contributed by atoms with E-state index in [1.54, 1.807) is 6.07 Å². The second kappa shape index (κ2) is 4.33. The normalized spacial score (nSPS) is 10.2.